The average Bonchev–Trinajstić information content (AvgIpc) is 2.79. The maximum absolute atomic E-state index is 5.57. The van der Waals surface area contributed by atoms with Gasteiger partial charge < -0.3 is 19.7 Å². The monoisotopic (exact) mass is 530 g/mol. The van der Waals surface area contributed by atoms with Crippen molar-refractivity contribution >= 4 is 29.9 Å². The highest BCUT2D eigenvalue weighted by molar-refractivity contribution is 14.0. The Bertz CT molecular complexity index is 604. The van der Waals surface area contributed by atoms with E-state index < -0.39 is 0 Å². The second-order valence-corrected chi connectivity index (χ2v) is 8.04. The molecule has 1 N–H and O–H groups in total. The van der Waals surface area contributed by atoms with E-state index in [0.717, 1.165) is 71.0 Å². The summed E-state index contributed by atoms with van der Waals surface area (Å²) >= 11 is 0. The Morgan fingerprint density at radius 1 is 1.13 bits per heavy atom. The van der Waals surface area contributed by atoms with Crippen LogP contribution in [0.3, 0.4) is 0 Å². The van der Waals surface area contributed by atoms with E-state index in [-0.39, 0.29) is 30.0 Å². The van der Waals surface area contributed by atoms with E-state index >= 15 is 0 Å². The fourth-order valence-corrected chi connectivity index (χ4v) is 4.16. The molecule has 0 amide bonds. The number of hydrogen-bond acceptors (Lipinski definition) is 4. The lowest BCUT2D eigenvalue weighted by atomic mass is 9.96. The standard InChI is InChI=1S/C23H38N4O2.HI/c1-3-24-23(26(2)12-9-20-10-15-28-16-11-20)25-19-22(21-7-5-4-6-8-21)27-13-17-29-18-14-27;/h4-8,20,22H,3,9-19H2,1-2H3,(H,24,25);1H. The number of morpholine rings is 1. The zero-order valence-electron chi connectivity index (χ0n) is 18.6. The molecule has 2 aliphatic rings. The number of nitrogens with one attached hydrogen (secondary N) is 1. The molecule has 1 unspecified atom stereocenters. The Morgan fingerprint density at radius 3 is 2.47 bits per heavy atom. The van der Waals surface area contributed by atoms with Crippen LogP contribution in [0.2, 0.25) is 0 Å². The summed E-state index contributed by atoms with van der Waals surface area (Å²) in [7, 11) is 2.16. The van der Waals surface area contributed by atoms with Gasteiger partial charge in [-0.15, -0.1) is 24.0 Å². The van der Waals surface area contributed by atoms with E-state index in [1.807, 2.05) is 0 Å². The zero-order chi connectivity index (χ0) is 20.3. The summed E-state index contributed by atoms with van der Waals surface area (Å²) in [6.07, 6.45) is 3.58. The maximum Gasteiger partial charge on any atom is 0.193 e. The molecule has 2 saturated heterocycles. The highest BCUT2D eigenvalue weighted by Crippen LogP contribution is 2.22. The molecule has 2 fully saturated rings. The number of rotatable bonds is 8. The Balaban J connectivity index is 0.00000320. The first-order valence-corrected chi connectivity index (χ1v) is 11.2. The minimum absolute atomic E-state index is 0. The lowest BCUT2D eigenvalue weighted by molar-refractivity contribution is 0.0179. The molecule has 1 aromatic carbocycles. The fraction of sp³-hybridized carbons (Fsp3) is 0.696. The second kappa shape index (κ2) is 14.2. The summed E-state index contributed by atoms with van der Waals surface area (Å²) in [6.45, 7) is 10.2. The van der Waals surface area contributed by atoms with E-state index in [9.17, 15) is 0 Å². The predicted octanol–water partition coefficient (Wildman–Crippen LogP) is 3.39. The SMILES string of the molecule is CCNC(=NCC(c1ccccc1)N1CCOCC1)N(C)CCC1CCOCC1.I. The summed E-state index contributed by atoms with van der Waals surface area (Å²) in [4.78, 5) is 9.85. The third kappa shape index (κ3) is 7.98. The molecular formula is C23H39IN4O2. The third-order valence-electron chi connectivity index (χ3n) is 5.99. The van der Waals surface area contributed by atoms with Crippen molar-refractivity contribution in [2.45, 2.75) is 32.2 Å². The van der Waals surface area contributed by atoms with Gasteiger partial charge in [-0.05, 0) is 37.7 Å². The smallest absolute Gasteiger partial charge is 0.193 e. The first-order chi connectivity index (χ1) is 14.3. The largest absolute Gasteiger partial charge is 0.381 e. The van der Waals surface area contributed by atoms with Crippen molar-refractivity contribution in [1.29, 1.82) is 0 Å². The Labute approximate surface area is 199 Å². The minimum Gasteiger partial charge on any atom is -0.381 e. The van der Waals surface area contributed by atoms with Gasteiger partial charge in [0.1, 0.15) is 0 Å². The lowest BCUT2D eigenvalue weighted by Gasteiger charge is -2.34. The highest BCUT2D eigenvalue weighted by Gasteiger charge is 2.23. The first-order valence-electron chi connectivity index (χ1n) is 11.2. The van der Waals surface area contributed by atoms with E-state index in [4.69, 9.17) is 14.5 Å². The minimum atomic E-state index is 0. The van der Waals surface area contributed by atoms with Gasteiger partial charge in [0.05, 0.1) is 25.8 Å². The fourth-order valence-electron chi connectivity index (χ4n) is 4.16. The molecule has 0 radical (unpaired) electrons. The van der Waals surface area contributed by atoms with Gasteiger partial charge in [0.25, 0.3) is 0 Å². The van der Waals surface area contributed by atoms with Crippen LogP contribution in [0.15, 0.2) is 35.3 Å². The van der Waals surface area contributed by atoms with Crippen molar-refractivity contribution in [3.8, 4) is 0 Å². The van der Waals surface area contributed by atoms with Gasteiger partial charge >= 0.3 is 0 Å². The quantitative estimate of drug-likeness (QED) is 0.317. The summed E-state index contributed by atoms with van der Waals surface area (Å²) in [5, 5.41) is 3.49. The van der Waals surface area contributed by atoms with E-state index in [2.05, 4.69) is 59.4 Å². The van der Waals surface area contributed by atoms with Gasteiger partial charge in [0.15, 0.2) is 5.96 Å². The molecule has 1 aromatic rings. The van der Waals surface area contributed by atoms with E-state index in [0.29, 0.717) is 0 Å². The molecule has 0 bridgehead atoms. The van der Waals surface area contributed by atoms with Crippen LogP contribution in [-0.2, 0) is 9.47 Å². The van der Waals surface area contributed by atoms with Gasteiger partial charge in [-0.1, -0.05) is 30.3 Å². The van der Waals surface area contributed by atoms with Crippen LogP contribution in [0, 0.1) is 5.92 Å². The van der Waals surface area contributed by atoms with E-state index in [1.165, 1.54) is 24.8 Å². The summed E-state index contributed by atoms with van der Waals surface area (Å²) in [6, 6.07) is 11.1. The molecule has 6 nitrogen and oxygen atoms in total. The van der Waals surface area contributed by atoms with Crippen molar-refractivity contribution in [2.24, 2.45) is 10.9 Å². The van der Waals surface area contributed by atoms with Crippen LogP contribution < -0.4 is 5.32 Å². The Kier molecular flexibility index (Phi) is 12.0. The molecule has 2 heterocycles. The normalized spacial score (nSPS) is 19.7. The lowest BCUT2D eigenvalue weighted by Crippen LogP contribution is -2.42. The second-order valence-electron chi connectivity index (χ2n) is 8.04. The molecular weight excluding hydrogens is 491 g/mol. The van der Waals surface area contributed by atoms with Crippen molar-refractivity contribution < 1.29 is 9.47 Å². The zero-order valence-corrected chi connectivity index (χ0v) is 20.9. The Hall–Kier alpha value is -0.900. The van der Waals surface area contributed by atoms with Crippen LogP contribution >= 0.6 is 24.0 Å². The molecule has 7 heteroatoms. The highest BCUT2D eigenvalue weighted by atomic mass is 127. The van der Waals surface area contributed by atoms with Crippen LogP contribution in [0.4, 0.5) is 0 Å². The Morgan fingerprint density at radius 2 is 1.80 bits per heavy atom. The molecule has 30 heavy (non-hydrogen) atoms. The predicted molar refractivity (Wildman–Crippen MR) is 134 cm³/mol. The van der Waals surface area contributed by atoms with Crippen LogP contribution in [0.1, 0.15) is 37.8 Å². The first kappa shape index (κ1) is 25.4. The maximum atomic E-state index is 5.57. The van der Waals surface area contributed by atoms with Crippen LogP contribution in [0.25, 0.3) is 0 Å². The molecule has 0 saturated carbocycles. The topological polar surface area (TPSA) is 49.3 Å². The number of nitrogens with zero attached hydrogens (tertiary/aromatic N) is 3. The number of ether oxygens (including phenoxy) is 2. The third-order valence-corrected chi connectivity index (χ3v) is 5.99. The van der Waals surface area contributed by atoms with Crippen molar-refractivity contribution in [1.82, 2.24) is 15.1 Å². The number of aliphatic imine (C=N–C) groups is 1. The summed E-state index contributed by atoms with van der Waals surface area (Å²) < 4.78 is 11.1. The molecule has 0 aliphatic carbocycles. The van der Waals surface area contributed by atoms with Gasteiger partial charge in [-0.3, -0.25) is 9.89 Å². The average molecular weight is 530 g/mol. The summed E-state index contributed by atoms with van der Waals surface area (Å²) in [5.41, 5.74) is 1.33. The molecule has 2 aliphatic heterocycles. The molecule has 0 spiro atoms. The van der Waals surface area contributed by atoms with E-state index in [1.54, 1.807) is 0 Å². The van der Waals surface area contributed by atoms with Gasteiger partial charge in [-0.25, -0.2) is 0 Å². The van der Waals surface area contributed by atoms with Crippen molar-refractivity contribution in [3.63, 3.8) is 0 Å². The number of halogens is 1. The number of guanidine groups is 1. The van der Waals surface area contributed by atoms with Crippen molar-refractivity contribution in [2.75, 3.05) is 66.2 Å². The summed E-state index contributed by atoms with van der Waals surface area (Å²) in [5.74, 6) is 1.79. The molecule has 0 aromatic heterocycles. The van der Waals surface area contributed by atoms with Crippen molar-refractivity contribution in [3.05, 3.63) is 35.9 Å². The van der Waals surface area contributed by atoms with Gasteiger partial charge in [0.2, 0.25) is 0 Å². The van der Waals surface area contributed by atoms with Gasteiger partial charge in [0, 0.05) is 46.4 Å². The van der Waals surface area contributed by atoms with Crippen LogP contribution in [-0.4, -0.2) is 82.0 Å². The molecule has 1 atom stereocenters. The number of hydrogen-bond donors (Lipinski definition) is 1. The number of benzene rings is 1. The molecule has 3 rings (SSSR count). The van der Waals surface area contributed by atoms with Crippen LogP contribution in [0.5, 0.6) is 0 Å². The van der Waals surface area contributed by atoms with Gasteiger partial charge in [-0.2, -0.15) is 0 Å². The molecule has 170 valence electrons.